The predicted octanol–water partition coefficient (Wildman–Crippen LogP) is 4.08. The molecule has 0 saturated heterocycles. The van der Waals surface area contributed by atoms with E-state index in [1.165, 1.54) is 12.1 Å². The average Bonchev–Trinajstić information content (AvgIpc) is 2.47. The second-order valence-corrected chi connectivity index (χ2v) is 5.26. The van der Waals surface area contributed by atoms with Gasteiger partial charge in [0.15, 0.2) is 0 Å². The third-order valence-corrected chi connectivity index (χ3v) is 4.15. The molecule has 120 valence electrons. The van der Waals surface area contributed by atoms with Gasteiger partial charge in [-0.3, -0.25) is 0 Å². The summed E-state index contributed by atoms with van der Waals surface area (Å²) in [5.41, 5.74) is 0.194. The van der Waals surface area contributed by atoms with Crippen LogP contribution in [0.1, 0.15) is 46.1 Å². The van der Waals surface area contributed by atoms with Crippen molar-refractivity contribution in [3.8, 4) is 0 Å². The van der Waals surface area contributed by atoms with E-state index in [0.29, 0.717) is 18.6 Å². The van der Waals surface area contributed by atoms with Crippen molar-refractivity contribution in [2.24, 2.45) is 0 Å². The molecule has 4 heteroatoms. The lowest BCUT2D eigenvalue weighted by molar-refractivity contribution is -0.0717. The molecule has 0 radical (unpaired) electrons. The Bertz CT molecular complexity index is 433. The second-order valence-electron chi connectivity index (χ2n) is 5.26. The van der Waals surface area contributed by atoms with E-state index in [-0.39, 0.29) is 11.6 Å². The van der Waals surface area contributed by atoms with Gasteiger partial charge in [0, 0.05) is 18.7 Å². The van der Waals surface area contributed by atoms with Crippen LogP contribution < -0.4 is 5.32 Å². The quantitative estimate of drug-likeness (QED) is 0.742. The molecule has 21 heavy (non-hydrogen) atoms. The normalized spacial score (nSPS) is 13.4. The highest BCUT2D eigenvalue weighted by atomic mass is 19.1. The van der Waals surface area contributed by atoms with Crippen molar-refractivity contribution in [1.82, 2.24) is 5.32 Å². The van der Waals surface area contributed by atoms with Gasteiger partial charge < -0.3 is 10.1 Å². The van der Waals surface area contributed by atoms with Gasteiger partial charge in [0.05, 0.1) is 5.60 Å². The van der Waals surface area contributed by atoms with E-state index in [9.17, 15) is 8.78 Å². The minimum absolute atomic E-state index is 0.00240. The summed E-state index contributed by atoms with van der Waals surface area (Å²) in [6.45, 7) is 9.57. The van der Waals surface area contributed by atoms with Gasteiger partial charge in [0.25, 0.3) is 0 Å². The van der Waals surface area contributed by atoms with E-state index in [1.54, 1.807) is 0 Å². The molecule has 1 aromatic carbocycles. The summed E-state index contributed by atoms with van der Waals surface area (Å²) in [4.78, 5) is 0. The molecule has 0 aromatic heterocycles. The summed E-state index contributed by atoms with van der Waals surface area (Å²) in [5, 5.41) is 3.42. The summed E-state index contributed by atoms with van der Waals surface area (Å²) in [6.07, 6.45) is 2.18. The number of benzene rings is 1. The van der Waals surface area contributed by atoms with Crippen LogP contribution in [0.2, 0.25) is 0 Å². The zero-order valence-corrected chi connectivity index (χ0v) is 13.5. The van der Waals surface area contributed by atoms with Crippen LogP contribution in [0.5, 0.6) is 0 Å². The Balaban J connectivity index is 3.04. The Morgan fingerprint density at radius 1 is 1.14 bits per heavy atom. The molecular formula is C17H27F2NO. The van der Waals surface area contributed by atoms with Crippen LogP contribution in [0, 0.1) is 11.6 Å². The number of hydrogen-bond donors (Lipinski definition) is 1. The predicted molar refractivity (Wildman–Crippen MR) is 82.5 cm³/mol. The summed E-state index contributed by atoms with van der Waals surface area (Å²) in [5.74, 6) is -1.03. The van der Waals surface area contributed by atoms with Crippen LogP contribution in [0.3, 0.4) is 0 Å². The first-order valence-electron chi connectivity index (χ1n) is 7.84. The lowest BCUT2D eigenvalue weighted by Gasteiger charge is -2.40. The minimum atomic E-state index is -0.543. The maximum absolute atomic E-state index is 13.9. The smallest absolute Gasteiger partial charge is 0.129 e. The highest BCUT2D eigenvalue weighted by Crippen LogP contribution is 2.28. The molecule has 1 atom stereocenters. The van der Waals surface area contributed by atoms with E-state index in [4.69, 9.17) is 4.74 Å². The molecule has 0 spiro atoms. The second kappa shape index (κ2) is 8.44. The molecule has 2 nitrogen and oxygen atoms in total. The maximum Gasteiger partial charge on any atom is 0.129 e. The van der Waals surface area contributed by atoms with Crippen LogP contribution in [-0.2, 0) is 11.2 Å². The lowest BCUT2D eigenvalue weighted by atomic mass is 9.84. The van der Waals surface area contributed by atoms with Crippen molar-refractivity contribution in [2.75, 3.05) is 13.2 Å². The Morgan fingerprint density at radius 2 is 1.81 bits per heavy atom. The Labute approximate surface area is 126 Å². The highest BCUT2D eigenvalue weighted by molar-refractivity contribution is 5.20. The van der Waals surface area contributed by atoms with E-state index in [1.807, 2.05) is 13.8 Å². The number of ether oxygens (including phenoxy) is 1. The van der Waals surface area contributed by atoms with Crippen molar-refractivity contribution in [3.63, 3.8) is 0 Å². The molecule has 0 heterocycles. The zero-order chi connectivity index (χ0) is 15.9. The van der Waals surface area contributed by atoms with Crippen LogP contribution in [-0.4, -0.2) is 24.8 Å². The van der Waals surface area contributed by atoms with Crippen molar-refractivity contribution in [1.29, 1.82) is 0 Å². The van der Waals surface area contributed by atoms with Gasteiger partial charge in [-0.05, 0) is 44.4 Å². The standard InChI is InChI=1S/C17H27F2NO/c1-5-17(6-2,21-8-4)16(20-7-3)11-13-9-10-14(18)12-15(13)19/h9-10,12,16,20H,5-8,11H2,1-4H3. The van der Waals surface area contributed by atoms with Crippen molar-refractivity contribution < 1.29 is 13.5 Å². The topological polar surface area (TPSA) is 21.3 Å². The number of likely N-dealkylation sites (N-methyl/N-ethyl adjacent to an activating group) is 1. The number of nitrogens with one attached hydrogen (secondary N) is 1. The van der Waals surface area contributed by atoms with Crippen LogP contribution in [0.25, 0.3) is 0 Å². The first kappa shape index (κ1) is 18.1. The number of rotatable bonds is 9. The van der Waals surface area contributed by atoms with Gasteiger partial charge in [-0.25, -0.2) is 8.78 Å². The van der Waals surface area contributed by atoms with E-state index in [2.05, 4.69) is 19.2 Å². The third kappa shape index (κ3) is 4.48. The van der Waals surface area contributed by atoms with Crippen LogP contribution in [0.15, 0.2) is 18.2 Å². The summed E-state index contributed by atoms with van der Waals surface area (Å²) in [6, 6.07) is 3.77. The monoisotopic (exact) mass is 299 g/mol. The van der Waals surface area contributed by atoms with Crippen molar-refractivity contribution >= 4 is 0 Å². The fraction of sp³-hybridized carbons (Fsp3) is 0.647. The van der Waals surface area contributed by atoms with Gasteiger partial charge in [-0.2, -0.15) is 0 Å². The SMILES string of the molecule is CCNC(Cc1ccc(F)cc1F)C(CC)(CC)OCC. The molecule has 1 unspecified atom stereocenters. The molecular weight excluding hydrogens is 272 g/mol. The zero-order valence-electron chi connectivity index (χ0n) is 13.5. The summed E-state index contributed by atoms with van der Waals surface area (Å²) < 4.78 is 33.0. The number of hydrogen-bond acceptors (Lipinski definition) is 2. The first-order chi connectivity index (χ1) is 10.0. The molecule has 0 bridgehead atoms. The summed E-state index contributed by atoms with van der Waals surface area (Å²) >= 11 is 0. The molecule has 1 N–H and O–H groups in total. The molecule has 0 aliphatic carbocycles. The fourth-order valence-electron chi connectivity index (χ4n) is 2.93. The molecule has 0 fully saturated rings. The third-order valence-electron chi connectivity index (χ3n) is 4.15. The van der Waals surface area contributed by atoms with E-state index < -0.39 is 11.6 Å². The van der Waals surface area contributed by atoms with Gasteiger partial charge in [-0.1, -0.05) is 26.8 Å². The van der Waals surface area contributed by atoms with Gasteiger partial charge in [0.2, 0.25) is 0 Å². The molecule has 1 aromatic rings. The molecule has 0 saturated carbocycles. The van der Waals surface area contributed by atoms with Gasteiger partial charge >= 0.3 is 0 Å². The number of halogens is 2. The molecule has 0 aliphatic heterocycles. The van der Waals surface area contributed by atoms with E-state index >= 15 is 0 Å². The Hall–Kier alpha value is -1.00. The largest absolute Gasteiger partial charge is 0.374 e. The Morgan fingerprint density at radius 3 is 2.29 bits per heavy atom. The van der Waals surface area contributed by atoms with Crippen molar-refractivity contribution in [3.05, 3.63) is 35.4 Å². The molecule has 0 amide bonds. The fourth-order valence-corrected chi connectivity index (χ4v) is 2.93. The minimum Gasteiger partial charge on any atom is -0.374 e. The summed E-state index contributed by atoms with van der Waals surface area (Å²) in [7, 11) is 0. The molecule has 1 rings (SSSR count). The first-order valence-corrected chi connectivity index (χ1v) is 7.84. The van der Waals surface area contributed by atoms with Crippen molar-refractivity contribution in [2.45, 2.75) is 58.6 Å². The average molecular weight is 299 g/mol. The highest BCUT2D eigenvalue weighted by Gasteiger charge is 2.36. The van der Waals surface area contributed by atoms with Crippen LogP contribution in [0.4, 0.5) is 8.78 Å². The lowest BCUT2D eigenvalue weighted by Crippen LogP contribution is -2.53. The molecule has 0 aliphatic rings. The Kier molecular flexibility index (Phi) is 7.26. The van der Waals surface area contributed by atoms with E-state index in [0.717, 1.165) is 25.5 Å². The van der Waals surface area contributed by atoms with Gasteiger partial charge in [-0.15, -0.1) is 0 Å². The van der Waals surface area contributed by atoms with Gasteiger partial charge in [0.1, 0.15) is 11.6 Å². The van der Waals surface area contributed by atoms with Crippen LogP contribution >= 0.6 is 0 Å². The maximum atomic E-state index is 13.9.